The molecule has 6 heteroatoms. The van der Waals surface area contributed by atoms with Crippen LogP contribution in [0.15, 0.2) is 24.8 Å². The molecule has 2 aliphatic rings. The summed E-state index contributed by atoms with van der Waals surface area (Å²) in [6.45, 7) is 11.0. The van der Waals surface area contributed by atoms with E-state index in [-0.39, 0.29) is 0 Å². The highest BCUT2D eigenvalue weighted by Crippen LogP contribution is 2.22. The summed E-state index contributed by atoms with van der Waals surface area (Å²) >= 11 is 0. The second-order valence-corrected chi connectivity index (χ2v) is 8.43. The smallest absolute Gasteiger partial charge is 0.225 e. The van der Waals surface area contributed by atoms with Crippen molar-refractivity contribution >= 4 is 5.95 Å². The summed E-state index contributed by atoms with van der Waals surface area (Å²) in [5.41, 5.74) is 1.23. The zero-order valence-corrected chi connectivity index (χ0v) is 16.7. The van der Waals surface area contributed by atoms with E-state index in [4.69, 9.17) is 0 Å². The lowest BCUT2D eigenvalue weighted by Crippen LogP contribution is -2.36. The van der Waals surface area contributed by atoms with Gasteiger partial charge in [-0.15, -0.1) is 0 Å². The first-order valence-electron chi connectivity index (χ1n) is 10.4. The van der Waals surface area contributed by atoms with Crippen LogP contribution in [0.1, 0.15) is 44.0 Å². The summed E-state index contributed by atoms with van der Waals surface area (Å²) in [5, 5.41) is 0. The summed E-state index contributed by atoms with van der Waals surface area (Å²) in [7, 11) is 0. The summed E-state index contributed by atoms with van der Waals surface area (Å²) in [5.74, 6) is 3.53. The minimum atomic E-state index is 0.745. The number of nitrogens with zero attached hydrogens (tertiary/aromatic N) is 6. The molecular formula is C21H32N6. The topological polar surface area (TPSA) is 50.1 Å². The van der Waals surface area contributed by atoms with E-state index >= 15 is 0 Å². The van der Waals surface area contributed by atoms with Gasteiger partial charge in [-0.1, -0.05) is 6.92 Å². The maximum Gasteiger partial charge on any atom is 0.225 e. The van der Waals surface area contributed by atoms with Crippen molar-refractivity contribution < 1.29 is 0 Å². The van der Waals surface area contributed by atoms with E-state index in [1.54, 1.807) is 0 Å². The van der Waals surface area contributed by atoms with E-state index in [2.05, 4.69) is 49.4 Å². The van der Waals surface area contributed by atoms with Crippen LogP contribution in [0.2, 0.25) is 0 Å². The van der Waals surface area contributed by atoms with Crippen LogP contribution >= 0.6 is 0 Å². The van der Waals surface area contributed by atoms with Gasteiger partial charge in [-0.2, -0.15) is 0 Å². The third kappa shape index (κ3) is 4.67. The molecule has 2 aliphatic heterocycles. The predicted molar refractivity (Wildman–Crippen MR) is 108 cm³/mol. The molecule has 0 unspecified atom stereocenters. The van der Waals surface area contributed by atoms with Gasteiger partial charge in [0.2, 0.25) is 5.95 Å². The fraction of sp³-hybridized carbons (Fsp3) is 0.667. The molecule has 0 N–H and O–H groups in total. The Labute approximate surface area is 162 Å². The van der Waals surface area contributed by atoms with Crippen molar-refractivity contribution in [1.82, 2.24) is 24.4 Å². The van der Waals surface area contributed by atoms with E-state index in [9.17, 15) is 0 Å². The van der Waals surface area contributed by atoms with Gasteiger partial charge in [0.15, 0.2) is 0 Å². The molecule has 0 spiro atoms. The van der Waals surface area contributed by atoms with Gasteiger partial charge in [-0.25, -0.2) is 15.0 Å². The molecular weight excluding hydrogens is 336 g/mol. The lowest BCUT2D eigenvalue weighted by molar-refractivity contribution is 0.166. The molecule has 4 rings (SSSR count). The molecule has 0 aromatic carbocycles. The molecule has 4 heterocycles. The molecule has 0 radical (unpaired) electrons. The fourth-order valence-electron chi connectivity index (χ4n) is 4.42. The summed E-state index contributed by atoms with van der Waals surface area (Å²) < 4.78 is 2.29. The van der Waals surface area contributed by atoms with Crippen molar-refractivity contribution in [2.75, 3.05) is 31.1 Å². The molecule has 0 bridgehead atoms. The Bertz CT molecular complexity index is 717. The number of likely N-dealkylation sites (tertiary alicyclic amines) is 1. The van der Waals surface area contributed by atoms with Crippen LogP contribution in [-0.4, -0.2) is 50.6 Å². The monoisotopic (exact) mass is 368 g/mol. The van der Waals surface area contributed by atoms with Crippen LogP contribution in [-0.2, 0) is 13.1 Å². The fourth-order valence-corrected chi connectivity index (χ4v) is 4.42. The molecule has 2 aromatic rings. The Morgan fingerprint density at radius 2 is 1.81 bits per heavy atom. The molecule has 2 fully saturated rings. The third-order valence-corrected chi connectivity index (χ3v) is 6.12. The van der Waals surface area contributed by atoms with Gasteiger partial charge < -0.3 is 9.47 Å². The maximum atomic E-state index is 4.65. The number of aryl methyl sites for hydroxylation is 1. The first kappa shape index (κ1) is 18.4. The van der Waals surface area contributed by atoms with Gasteiger partial charge in [0.05, 0.1) is 0 Å². The number of anilines is 1. The second-order valence-electron chi connectivity index (χ2n) is 8.43. The van der Waals surface area contributed by atoms with Crippen molar-refractivity contribution in [3.8, 4) is 0 Å². The number of imidazole rings is 1. The SMILES string of the molecule is Cc1nccn1CC1CCN(Cc2cnc(N3CCC[C@H](C)C3)nc2)CC1. The van der Waals surface area contributed by atoms with Crippen LogP contribution < -0.4 is 4.90 Å². The van der Waals surface area contributed by atoms with Crippen molar-refractivity contribution in [2.45, 2.75) is 52.6 Å². The largest absolute Gasteiger partial charge is 0.341 e. The second kappa shape index (κ2) is 8.38. The summed E-state index contributed by atoms with van der Waals surface area (Å²) in [6, 6.07) is 0. The Kier molecular flexibility index (Phi) is 5.72. The van der Waals surface area contributed by atoms with Crippen molar-refractivity contribution in [1.29, 1.82) is 0 Å². The first-order valence-corrected chi connectivity index (χ1v) is 10.4. The van der Waals surface area contributed by atoms with Crippen LogP contribution in [0.5, 0.6) is 0 Å². The van der Waals surface area contributed by atoms with Crippen molar-refractivity contribution in [3.05, 3.63) is 36.2 Å². The van der Waals surface area contributed by atoms with Crippen molar-refractivity contribution in [2.24, 2.45) is 11.8 Å². The Morgan fingerprint density at radius 1 is 1.04 bits per heavy atom. The molecule has 0 saturated carbocycles. The molecule has 1 atom stereocenters. The average Bonchev–Trinajstić information content (AvgIpc) is 3.09. The highest BCUT2D eigenvalue weighted by Gasteiger charge is 2.21. The van der Waals surface area contributed by atoms with Crippen LogP contribution in [0, 0.1) is 18.8 Å². The maximum absolute atomic E-state index is 4.65. The van der Waals surface area contributed by atoms with Gasteiger partial charge in [-0.05, 0) is 57.5 Å². The number of hydrogen-bond donors (Lipinski definition) is 0. The molecule has 2 saturated heterocycles. The average molecular weight is 369 g/mol. The first-order chi connectivity index (χ1) is 13.2. The van der Waals surface area contributed by atoms with E-state index in [0.29, 0.717) is 0 Å². The van der Waals surface area contributed by atoms with E-state index < -0.39 is 0 Å². The Hall–Kier alpha value is -1.95. The molecule has 27 heavy (non-hydrogen) atoms. The lowest BCUT2D eigenvalue weighted by Gasteiger charge is -2.32. The Morgan fingerprint density at radius 3 is 2.48 bits per heavy atom. The minimum Gasteiger partial charge on any atom is -0.341 e. The Balaban J connectivity index is 1.26. The number of aromatic nitrogens is 4. The number of rotatable bonds is 5. The van der Waals surface area contributed by atoms with E-state index in [1.807, 2.05) is 18.6 Å². The van der Waals surface area contributed by atoms with Crippen LogP contribution in [0.25, 0.3) is 0 Å². The zero-order valence-electron chi connectivity index (χ0n) is 16.7. The van der Waals surface area contributed by atoms with E-state index in [0.717, 1.165) is 62.9 Å². The standard InChI is InChI=1S/C21H32N6/c1-17-4-3-8-27(14-17)21-23-12-20(13-24-21)15-25-9-5-19(6-10-25)16-26-11-7-22-18(26)2/h7,11-13,17,19H,3-6,8-10,14-16H2,1-2H3/t17-/m0/s1. The number of piperidine rings is 2. The molecule has 0 aliphatic carbocycles. The highest BCUT2D eigenvalue weighted by molar-refractivity contribution is 5.30. The van der Waals surface area contributed by atoms with Crippen LogP contribution in [0.4, 0.5) is 5.95 Å². The summed E-state index contributed by atoms with van der Waals surface area (Å²) in [4.78, 5) is 18.5. The quantitative estimate of drug-likeness (QED) is 0.811. The van der Waals surface area contributed by atoms with Gasteiger partial charge >= 0.3 is 0 Å². The minimum absolute atomic E-state index is 0.745. The molecule has 0 amide bonds. The summed E-state index contributed by atoms with van der Waals surface area (Å²) in [6.07, 6.45) is 13.1. The molecule has 2 aromatic heterocycles. The lowest BCUT2D eigenvalue weighted by atomic mass is 9.96. The zero-order chi connectivity index (χ0) is 18.6. The van der Waals surface area contributed by atoms with Gasteiger partial charge in [-0.3, -0.25) is 4.90 Å². The number of hydrogen-bond acceptors (Lipinski definition) is 5. The molecule has 146 valence electrons. The third-order valence-electron chi connectivity index (χ3n) is 6.12. The molecule has 6 nitrogen and oxygen atoms in total. The van der Waals surface area contributed by atoms with E-state index in [1.165, 1.54) is 31.2 Å². The van der Waals surface area contributed by atoms with Gasteiger partial charge in [0.1, 0.15) is 5.82 Å². The van der Waals surface area contributed by atoms with Crippen molar-refractivity contribution in [3.63, 3.8) is 0 Å². The normalized spacial score (nSPS) is 22.3. The van der Waals surface area contributed by atoms with Gasteiger partial charge in [0.25, 0.3) is 0 Å². The van der Waals surface area contributed by atoms with Gasteiger partial charge in [0, 0.05) is 56.5 Å². The predicted octanol–water partition coefficient (Wildman–Crippen LogP) is 3.13. The highest BCUT2D eigenvalue weighted by atomic mass is 15.3. The van der Waals surface area contributed by atoms with Crippen LogP contribution in [0.3, 0.4) is 0 Å².